The van der Waals surface area contributed by atoms with E-state index in [0.29, 0.717) is 12.8 Å². The number of methoxy groups -OCH3 is 3. The van der Waals surface area contributed by atoms with Crippen molar-refractivity contribution < 1.29 is 19.0 Å². The molecule has 0 aliphatic heterocycles. The predicted molar refractivity (Wildman–Crippen MR) is 102 cm³/mol. The Bertz CT molecular complexity index is 758. The molecular formula is C21H27NO4. The van der Waals surface area contributed by atoms with Gasteiger partial charge in [-0.25, -0.2) is 0 Å². The molecule has 1 N–H and O–H groups in total. The van der Waals surface area contributed by atoms with Gasteiger partial charge in [0.1, 0.15) is 17.2 Å². The van der Waals surface area contributed by atoms with Gasteiger partial charge in [0.25, 0.3) is 0 Å². The summed E-state index contributed by atoms with van der Waals surface area (Å²) in [5, 5.41) is 3.03. The van der Waals surface area contributed by atoms with Gasteiger partial charge in [-0.3, -0.25) is 4.79 Å². The summed E-state index contributed by atoms with van der Waals surface area (Å²) in [5.41, 5.74) is 3.07. The van der Waals surface area contributed by atoms with Crippen LogP contribution in [0.5, 0.6) is 17.2 Å². The molecule has 0 unspecified atom stereocenters. The molecule has 5 heteroatoms. The molecule has 0 saturated heterocycles. The van der Waals surface area contributed by atoms with Crippen LogP contribution in [0.15, 0.2) is 36.4 Å². The maximum Gasteiger partial charge on any atom is 0.220 e. The number of hydrogen-bond donors (Lipinski definition) is 1. The predicted octanol–water partition coefficient (Wildman–Crippen LogP) is 3.83. The summed E-state index contributed by atoms with van der Waals surface area (Å²) in [5.74, 6) is 2.31. The molecule has 0 bridgehead atoms. The van der Waals surface area contributed by atoms with Gasteiger partial charge in [-0.1, -0.05) is 12.1 Å². The number of carbonyl (C=O) groups is 1. The van der Waals surface area contributed by atoms with Gasteiger partial charge >= 0.3 is 0 Å². The molecule has 0 aliphatic rings. The van der Waals surface area contributed by atoms with Crippen LogP contribution >= 0.6 is 0 Å². The maximum atomic E-state index is 12.4. The highest BCUT2D eigenvalue weighted by atomic mass is 16.5. The van der Waals surface area contributed by atoms with E-state index in [0.717, 1.165) is 33.9 Å². The maximum absolute atomic E-state index is 12.4. The van der Waals surface area contributed by atoms with Crippen molar-refractivity contribution in [1.82, 2.24) is 5.32 Å². The second kappa shape index (κ2) is 9.13. The first-order chi connectivity index (χ1) is 12.5. The number of hydrogen-bond acceptors (Lipinski definition) is 4. The summed E-state index contributed by atoms with van der Waals surface area (Å²) in [6, 6.07) is 11.4. The van der Waals surface area contributed by atoms with E-state index in [-0.39, 0.29) is 11.9 Å². The van der Waals surface area contributed by atoms with E-state index in [2.05, 4.69) is 11.4 Å². The molecule has 0 radical (unpaired) electrons. The van der Waals surface area contributed by atoms with E-state index in [1.54, 1.807) is 21.3 Å². The summed E-state index contributed by atoms with van der Waals surface area (Å²) < 4.78 is 15.9. The van der Waals surface area contributed by atoms with Gasteiger partial charge in [-0.05, 0) is 55.7 Å². The number of nitrogens with one attached hydrogen (secondary N) is 1. The van der Waals surface area contributed by atoms with Crippen molar-refractivity contribution in [3.8, 4) is 17.2 Å². The van der Waals surface area contributed by atoms with E-state index in [9.17, 15) is 4.79 Å². The highest BCUT2D eigenvalue weighted by Gasteiger charge is 2.15. The first-order valence-corrected chi connectivity index (χ1v) is 8.63. The third-order valence-electron chi connectivity index (χ3n) is 4.38. The first kappa shape index (κ1) is 19.6. The quantitative estimate of drug-likeness (QED) is 0.780. The minimum atomic E-state index is -0.176. The van der Waals surface area contributed by atoms with E-state index in [1.165, 1.54) is 0 Å². The molecule has 1 amide bonds. The van der Waals surface area contributed by atoms with Gasteiger partial charge in [0, 0.05) is 12.0 Å². The zero-order valence-corrected chi connectivity index (χ0v) is 16.1. The van der Waals surface area contributed by atoms with Crippen LogP contribution in [-0.2, 0) is 11.2 Å². The Labute approximate surface area is 155 Å². The van der Waals surface area contributed by atoms with Crippen molar-refractivity contribution in [1.29, 1.82) is 0 Å². The van der Waals surface area contributed by atoms with Gasteiger partial charge in [0.15, 0.2) is 0 Å². The standard InChI is InChI=1S/C21H27NO4/c1-14-12-16(6-9-19(14)25-4)7-11-21(23)22-15(2)18-13-17(24-3)8-10-20(18)26-5/h6,8-10,12-13,15H,7,11H2,1-5H3,(H,22,23)/t15-/m1/s1. The average molecular weight is 357 g/mol. The highest BCUT2D eigenvalue weighted by molar-refractivity contribution is 5.76. The first-order valence-electron chi connectivity index (χ1n) is 8.63. The molecule has 26 heavy (non-hydrogen) atoms. The highest BCUT2D eigenvalue weighted by Crippen LogP contribution is 2.29. The lowest BCUT2D eigenvalue weighted by atomic mass is 10.0. The third kappa shape index (κ3) is 4.91. The molecule has 0 spiro atoms. The molecule has 5 nitrogen and oxygen atoms in total. The SMILES string of the molecule is COc1ccc(OC)c([C@@H](C)NC(=O)CCc2ccc(OC)c(C)c2)c1. The van der Waals surface area contributed by atoms with E-state index in [4.69, 9.17) is 14.2 Å². The number of carbonyl (C=O) groups excluding carboxylic acids is 1. The summed E-state index contributed by atoms with van der Waals surface area (Å²) in [4.78, 5) is 12.4. The molecule has 2 aromatic carbocycles. The normalized spacial score (nSPS) is 11.6. The monoisotopic (exact) mass is 357 g/mol. The molecule has 2 rings (SSSR count). The van der Waals surface area contributed by atoms with Crippen LogP contribution in [0, 0.1) is 6.92 Å². The van der Waals surface area contributed by atoms with Crippen molar-refractivity contribution in [2.75, 3.05) is 21.3 Å². The van der Waals surface area contributed by atoms with Crippen LogP contribution in [-0.4, -0.2) is 27.2 Å². The van der Waals surface area contributed by atoms with E-state index in [1.807, 2.05) is 44.2 Å². The number of amides is 1. The Morgan fingerprint density at radius 1 is 1.00 bits per heavy atom. The summed E-state index contributed by atoms with van der Waals surface area (Å²) >= 11 is 0. The second-order valence-electron chi connectivity index (χ2n) is 6.20. The number of benzene rings is 2. The van der Waals surface area contributed by atoms with Crippen LogP contribution in [0.2, 0.25) is 0 Å². The van der Waals surface area contributed by atoms with Gasteiger partial charge in [0.2, 0.25) is 5.91 Å². The van der Waals surface area contributed by atoms with Gasteiger partial charge in [-0.15, -0.1) is 0 Å². The minimum absolute atomic E-state index is 0.00385. The van der Waals surface area contributed by atoms with Crippen LogP contribution < -0.4 is 19.5 Å². The van der Waals surface area contributed by atoms with Crippen molar-refractivity contribution in [3.05, 3.63) is 53.1 Å². The Hall–Kier alpha value is -2.69. The zero-order valence-electron chi connectivity index (χ0n) is 16.1. The lowest BCUT2D eigenvalue weighted by Gasteiger charge is -2.18. The molecule has 0 heterocycles. The molecule has 1 atom stereocenters. The van der Waals surface area contributed by atoms with Crippen molar-refractivity contribution in [2.24, 2.45) is 0 Å². The zero-order chi connectivity index (χ0) is 19.1. The lowest BCUT2D eigenvalue weighted by molar-refractivity contribution is -0.121. The Balaban J connectivity index is 1.98. The van der Waals surface area contributed by atoms with Crippen LogP contribution in [0.3, 0.4) is 0 Å². The average Bonchev–Trinajstić information content (AvgIpc) is 2.65. The second-order valence-corrected chi connectivity index (χ2v) is 6.20. The number of aryl methyl sites for hydroxylation is 2. The molecule has 0 aromatic heterocycles. The Kier molecular flexibility index (Phi) is 6.89. The molecule has 2 aromatic rings. The number of ether oxygens (including phenoxy) is 3. The number of rotatable bonds is 8. The molecule has 0 aliphatic carbocycles. The van der Waals surface area contributed by atoms with Crippen LogP contribution in [0.4, 0.5) is 0 Å². The minimum Gasteiger partial charge on any atom is -0.497 e. The van der Waals surface area contributed by atoms with Crippen LogP contribution in [0.25, 0.3) is 0 Å². The smallest absolute Gasteiger partial charge is 0.220 e. The Morgan fingerprint density at radius 2 is 1.69 bits per heavy atom. The lowest BCUT2D eigenvalue weighted by Crippen LogP contribution is -2.27. The van der Waals surface area contributed by atoms with Gasteiger partial charge in [0.05, 0.1) is 27.4 Å². The topological polar surface area (TPSA) is 56.8 Å². The largest absolute Gasteiger partial charge is 0.497 e. The molecule has 0 saturated carbocycles. The van der Waals surface area contributed by atoms with Crippen molar-refractivity contribution >= 4 is 5.91 Å². The van der Waals surface area contributed by atoms with Crippen molar-refractivity contribution in [3.63, 3.8) is 0 Å². The fourth-order valence-corrected chi connectivity index (χ4v) is 2.92. The molecule has 140 valence electrons. The third-order valence-corrected chi connectivity index (χ3v) is 4.38. The fraction of sp³-hybridized carbons (Fsp3) is 0.381. The van der Waals surface area contributed by atoms with E-state index < -0.39 is 0 Å². The van der Waals surface area contributed by atoms with Crippen molar-refractivity contribution in [2.45, 2.75) is 32.7 Å². The molecular weight excluding hydrogens is 330 g/mol. The summed E-state index contributed by atoms with van der Waals surface area (Å²) in [7, 11) is 4.89. The summed E-state index contributed by atoms with van der Waals surface area (Å²) in [6.45, 7) is 3.94. The molecule has 0 fully saturated rings. The van der Waals surface area contributed by atoms with Gasteiger partial charge in [-0.2, -0.15) is 0 Å². The fourth-order valence-electron chi connectivity index (χ4n) is 2.92. The summed E-state index contributed by atoms with van der Waals surface area (Å²) in [6.07, 6.45) is 1.10. The van der Waals surface area contributed by atoms with E-state index >= 15 is 0 Å². The Morgan fingerprint density at radius 3 is 2.31 bits per heavy atom. The van der Waals surface area contributed by atoms with Crippen LogP contribution in [0.1, 0.15) is 36.1 Å². The van der Waals surface area contributed by atoms with Gasteiger partial charge < -0.3 is 19.5 Å².